The van der Waals surface area contributed by atoms with Gasteiger partial charge in [0.15, 0.2) is 11.6 Å². The van der Waals surface area contributed by atoms with E-state index >= 15 is 8.78 Å². The predicted octanol–water partition coefficient (Wildman–Crippen LogP) is 4.05. The third kappa shape index (κ3) is 5.06. The number of fused-ring (bicyclic) bond motifs is 1. The molecule has 2 N–H and O–H groups in total. The van der Waals surface area contributed by atoms with E-state index in [0.717, 1.165) is 0 Å². The number of halogens is 3. The Bertz CT molecular complexity index is 1650. The monoisotopic (exact) mass is 582 g/mol. The molecular formula is C27H25ClF2N8O3. The highest BCUT2D eigenvalue weighted by molar-refractivity contribution is 6.31. The maximum absolute atomic E-state index is 15.3. The van der Waals surface area contributed by atoms with Crippen LogP contribution in [0.25, 0.3) is 22.5 Å². The van der Waals surface area contributed by atoms with Crippen molar-refractivity contribution in [1.82, 2.24) is 40.1 Å². The van der Waals surface area contributed by atoms with E-state index in [0.29, 0.717) is 42.0 Å². The summed E-state index contributed by atoms with van der Waals surface area (Å²) in [6.45, 7) is 2.95. The van der Waals surface area contributed by atoms with Crippen LogP contribution in [0, 0.1) is 11.6 Å². The van der Waals surface area contributed by atoms with Crippen LogP contribution < -0.4 is 4.74 Å². The van der Waals surface area contributed by atoms with E-state index in [-0.39, 0.29) is 46.6 Å². The van der Waals surface area contributed by atoms with Gasteiger partial charge in [0.05, 0.1) is 34.2 Å². The smallest absolute Gasteiger partial charge is 0.251 e. The number of pyridine rings is 1. The average molecular weight is 583 g/mol. The van der Waals surface area contributed by atoms with Gasteiger partial charge in [-0.3, -0.25) is 4.79 Å². The van der Waals surface area contributed by atoms with Gasteiger partial charge in [-0.05, 0) is 67.3 Å². The van der Waals surface area contributed by atoms with E-state index < -0.39 is 17.2 Å². The number of H-pyrrole nitrogens is 1. The first-order valence-corrected chi connectivity index (χ1v) is 13.3. The van der Waals surface area contributed by atoms with Crippen molar-refractivity contribution in [1.29, 1.82) is 0 Å². The first kappa shape index (κ1) is 27.0. The van der Waals surface area contributed by atoms with Gasteiger partial charge >= 0.3 is 0 Å². The molecule has 6 rings (SSSR count). The Hall–Kier alpha value is -4.23. The zero-order valence-electron chi connectivity index (χ0n) is 22.1. The highest BCUT2D eigenvalue weighted by Gasteiger charge is 2.42. The molecule has 14 heteroatoms. The summed E-state index contributed by atoms with van der Waals surface area (Å²) in [4.78, 5) is 26.7. The summed E-state index contributed by atoms with van der Waals surface area (Å²) < 4.78 is 37.2. The number of benzene rings is 1. The molecule has 5 heterocycles. The normalized spacial score (nSPS) is 18.9. The third-order valence-electron chi connectivity index (χ3n) is 7.12. The Morgan fingerprint density at radius 2 is 2.02 bits per heavy atom. The summed E-state index contributed by atoms with van der Waals surface area (Å²) in [5, 5.41) is 21.0. The van der Waals surface area contributed by atoms with Crippen molar-refractivity contribution >= 4 is 23.1 Å². The minimum Gasteiger partial charge on any atom is -0.473 e. The van der Waals surface area contributed by atoms with E-state index in [9.17, 15) is 9.90 Å². The molecule has 1 fully saturated rings. The van der Waals surface area contributed by atoms with Gasteiger partial charge in [0, 0.05) is 29.4 Å². The number of aromatic amines is 1. The van der Waals surface area contributed by atoms with Gasteiger partial charge in [-0.15, -0.1) is 5.10 Å². The fourth-order valence-electron chi connectivity index (χ4n) is 5.33. The number of nitrogens with one attached hydrogen (secondary N) is 1. The third-order valence-corrected chi connectivity index (χ3v) is 7.41. The number of nitrogens with zero attached hydrogens (tertiary/aromatic N) is 7. The lowest BCUT2D eigenvalue weighted by atomic mass is 9.92. The largest absolute Gasteiger partial charge is 0.473 e. The number of hydrogen-bond acceptors (Lipinski definition) is 8. The maximum Gasteiger partial charge on any atom is 0.251 e. The van der Waals surface area contributed by atoms with Crippen LogP contribution in [0.5, 0.6) is 5.88 Å². The number of amides is 1. The highest BCUT2D eigenvalue weighted by atomic mass is 35.5. The lowest BCUT2D eigenvalue weighted by molar-refractivity contribution is -0.129. The standard InChI is InChI=1S/C27H25ClF2N8O3/c1-27(2,40)12-41-26-23(29)16(7-8-31-26)18-11-32-25(34-18)20-5-3-15-9-14(10-21(39)38(15)20)22-19(37-13-33-35-36-37)6-4-17(28)24(22)30/h4,6-8,10-11,13,15,20,40H,3,5,9,12H2,1-2H3,(H,32,34)/t15-,20+/m1/s1. The number of aliphatic hydroxyl groups is 1. The summed E-state index contributed by atoms with van der Waals surface area (Å²) in [5.74, 6) is -1.37. The number of tetrazole rings is 1. The van der Waals surface area contributed by atoms with Crippen molar-refractivity contribution in [3.63, 3.8) is 0 Å². The van der Waals surface area contributed by atoms with Crippen molar-refractivity contribution in [2.45, 2.75) is 50.8 Å². The number of imidazole rings is 1. The quantitative estimate of drug-likeness (QED) is 0.333. The van der Waals surface area contributed by atoms with Crippen molar-refractivity contribution in [3.8, 4) is 22.8 Å². The lowest BCUT2D eigenvalue weighted by Crippen LogP contribution is -2.39. The Labute approximate surface area is 237 Å². The molecule has 0 unspecified atom stereocenters. The SMILES string of the molecule is CC(C)(O)COc1nccc(-c2cnc([C@@H]3CC[C@@H]4CC(c5c(-n6cnnn6)ccc(Cl)c5F)=CC(=O)N43)[nH]2)c1F. The molecular weight excluding hydrogens is 558 g/mol. The fraction of sp³-hybridized carbons (Fsp3) is 0.333. The van der Waals surface area contributed by atoms with Crippen molar-refractivity contribution in [3.05, 3.63) is 71.0 Å². The van der Waals surface area contributed by atoms with E-state index in [2.05, 4.69) is 30.5 Å². The first-order valence-electron chi connectivity index (χ1n) is 12.9. The number of carbonyl (C=O) groups is 1. The van der Waals surface area contributed by atoms with Gasteiger partial charge in [0.1, 0.15) is 18.8 Å². The molecule has 2 atom stereocenters. The maximum atomic E-state index is 15.3. The van der Waals surface area contributed by atoms with Gasteiger partial charge in [0.25, 0.3) is 5.88 Å². The number of rotatable bonds is 7. The first-order chi connectivity index (χ1) is 19.6. The molecule has 0 radical (unpaired) electrons. The van der Waals surface area contributed by atoms with Gasteiger partial charge in [-0.2, -0.15) is 4.68 Å². The molecule has 2 aliphatic heterocycles. The molecule has 0 aliphatic carbocycles. The molecule has 212 valence electrons. The van der Waals surface area contributed by atoms with E-state index in [1.54, 1.807) is 24.8 Å². The van der Waals surface area contributed by atoms with Crippen LogP contribution in [0.3, 0.4) is 0 Å². The predicted molar refractivity (Wildman–Crippen MR) is 143 cm³/mol. The van der Waals surface area contributed by atoms with Gasteiger partial charge in [0.2, 0.25) is 5.91 Å². The summed E-state index contributed by atoms with van der Waals surface area (Å²) in [5.41, 5.74) is 0.479. The Kier molecular flexibility index (Phi) is 6.78. The molecule has 3 aromatic heterocycles. The van der Waals surface area contributed by atoms with Crippen LogP contribution in [0.2, 0.25) is 5.02 Å². The molecule has 4 aromatic rings. The minimum absolute atomic E-state index is 0.0722. The number of aromatic nitrogens is 7. The van der Waals surface area contributed by atoms with Gasteiger partial charge in [-0.1, -0.05) is 11.6 Å². The Morgan fingerprint density at radius 3 is 2.78 bits per heavy atom. The van der Waals surface area contributed by atoms with Crippen LogP contribution in [0.15, 0.2) is 43.0 Å². The second kappa shape index (κ2) is 10.3. The second-order valence-corrected chi connectivity index (χ2v) is 11.0. The van der Waals surface area contributed by atoms with Gasteiger partial charge < -0.3 is 19.7 Å². The van der Waals surface area contributed by atoms with Crippen molar-refractivity contribution in [2.24, 2.45) is 0 Å². The Morgan fingerprint density at radius 1 is 1.20 bits per heavy atom. The zero-order valence-corrected chi connectivity index (χ0v) is 22.8. The summed E-state index contributed by atoms with van der Waals surface area (Å²) in [6.07, 6.45) is 7.32. The molecule has 1 saturated heterocycles. The van der Waals surface area contributed by atoms with E-state index in [1.165, 1.54) is 41.6 Å². The topological polar surface area (TPSA) is 135 Å². The molecule has 0 saturated carbocycles. The molecule has 1 amide bonds. The highest BCUT2D eigenvalue weighted by Crippen LogP contribution is 2.44. The van der Waals surface area contributed by atoms with Crippen molar-refractivity contribution in [2.75, 3.05) is 6.61 Å². The molecule has 41 heavy (non-hydrogen) atoms. The summed E-state index contributed by atoms with van der Waals surface area (Å²) in [6, 6.07) is 3.93. The summed E-state index contributed by atoms with van der Waals surface area (Å²) >= 11 is 6.11. The molecule has 11 nitrogen and oxygen atoms in total. The number of ether oxygens (including phenoxy) is 1. The zero-order chi connectivity index (χ0) is 28.9. The minimum atomic E-state index is -1.16. The van der Waals surface area contributed by atoms with Crippen LogP contribution in [0.1, 0.15) is 50.5 Å². The van der Waals surface area contributed by atoms with Crippen LogP contribution in [-0.2, 0) is 4.79 Å². The number of carbonyl (C=O) groups excluding carboxylic acids is 1. The van der Waals surface area contributed by atoms with Crippen LogP contribution in [0.4, 0.5) is 8.78 Å². The summed E-state index contributed by atoms with van der Waals surface area (Å²) in [7, 11) is 0. The molecule has 2 aliphatic rings. The lowest BCUT2D eigenvalue weighted by Gasteiger charge is -2.33. The van der Waals surface area contributed by atoms with E-state index in [4.69, 9.17) is 16.3 Å². The van der Waals surface area contributed by atoms with E-state index in [1.807, 2.05) is 0 Å². The van der Waals surface area contributed by atoms with Crippen LogP contribution >= 0.6 is 11.6 Å². The average Bonchev–Trinajstić information content (AvgIpc) is 3.70. The van der Waals surface area contributed by atoms with Gasteiger partial charge in [-0.25, -0.2) is 18.7 Å². The molecule has 0 spiro atoms. The number of hydrogen-bond donors (Lipinski definition) is 2. The fourth-order valence-corrected chi connectivity index (χ4v) is 5.48. The van der Waals surface area contributed by atoms with Crippen molar-refractivity contribution < 1.29 is 23.4 Å². The Balaban J connectivity index is 1.27. The van der Waals surface area contributed by atoms with Crippen LogP contribution in [-0.4, -0.2) is 69.3 Å². The molecule has 0 bridgehead atoms. The molecule has 1 aromatic carbocycles. The second-order valence-electron chi connectivity index (χ2n) is 10.6.